The highest BCUT2D eigenvalue weighted by atomic mass is 35.5. The van der Waals surface area contributed by atoms with Crippen molar-refractivity contribution >= 4 is 23.3 Å². The molecule has 0 aliphatic heterocycles. The molecule has 0 bridgehead atoms. The van der Waals surface area contributed by atoms with E-state index in [-0.39, 0.29) is 17.0 Å². The van der Waals surface area contributed by atoms with Crippen LogP contribution >= 0.6 is 11.6 Å². The highest BCUT2D eigenvalue weighted by Crippen LogP contribution is 2.45. The van der Waals surface area contributed by atoms with Crippen LogP contribution in [0.1, 0.15) is 44.7 Å². The first-order valence-electron chi connectivity index (χ1n) is 8.24. The Labute approximate surface area is 148 Å². The number of hydrogen-bond donors (Lipinski definition) is 2. The molecule has 3 nitrogen and oxygen atoms in total. The van der Waals surface area contributed by atoms with Crippen molar-refractivity contribution in [3.8, 4) is 0 Å². The van der Waals surface area contributed by atoms with Crippen LogP contribution in [0.3, 0.4) is 0 Å². The molecule has 1 saturated carbocycles. The third-order valence-corrected chi connectivity index (χ3v) is 4.76. The maximum Gasteiger partial charge on any atom is 0.319 e. The summed E-state index contributed by atoms with van der Waals surface area (Å²) in [6.45, 7) is 6.52. The molecule has 0 heterocycles. The van der Waals surface area contributed by atoms with Crippen molar-refractivity contribution in [3.05, 3.63) is 64.7 Å². The fourth-order valence-corrected chi connectivity index (χ4v) is 2.94. The Morgan fingerprint density at radius 3 is 2.08 bits per heavy atom. The molecule has 2 amide bonds. The topological polar surface area (TPSA) is 41.1 Å². The SMILES string of the molecule is CC(C)(C)c1ccc(NC(=O)NC2(c3ccc(Cl)cc3)CC2)cc1. The molecule has 2 aromatic carbocycles. The standard InChI is InChI=1S/C20H23ClN2O/c1-19(2,3)14-6-10-17(11-7-14)22-18(24)23-20(12-13-20)15-4-8-16(21)9-5-15/h4-11H,12-13H2,1-3H3,(H2,22,23,24). The van der Waals surface area contributed by atoms with Crippen LogP contribution in [0.15, 0.2) is 48.5 Å². The number of hydrogen-bond acceptors (Lipinski definition) is 1. The third-order valence-electron chi connectivity index (χ3n) is 4.51. The fourth-order valence-electron chi connectivity index (χ4n) is 2.81. The van der Waals surface area contributed by atoms with Crippen LogP contribution in [-0.2, 0) is 11.0 Å². The van der Waals surface area contributed by atoms with E-state index in [1.54, 1.807) is 0 Å². The van der Waals surface area contributed by atoms with Gasteiger partial charge >= 0.3 is 6.03 Å². The lowest BCUT2D eigenvalue weighted by atomic mass is 9.87. The van der Waals surface area contributed by atoms with Crippen molar-refractivity contribution < 1.29 is 4.79 Å². The molecule has 126 valence electrons. The minimum Gasteiger partial charge on any atom is -0.328 e. The van der Waals surface area contributed by atoms with E-state index in [4.69, 9.17) is 11.6 Å². The van der Waals surface area contributed by atoms with Gasteiger partial charge in [0.05, 0.1) is 5.54 Å². The van der Waals surface area contributed by atoms with E-state index in [1.165, 1.54) is 5.56 Å². The number of nitrogens with one attached hydrogen (secondary N) is 2. The summed E-state index contributed by atoms with van der Waals surface area (Å²) in [4.78, 5) is 12.3. The van der Waals surface area contributed by atoms with Gasteiger partial charge in [-0.25, -0.2) is 4.79 Å². The van der Waals surface area contributed by atoms with E-state index in [0.29, 0.717) is 5.02 Å². The van der Waals surface area contributed by atoms with E-state index < -0.39 is 0 Å². The molecule has 2 aromatic rings. The molecular weight excluding hydrogens is 320 g/mol. The average Bonchev–Trinajstić information content (AvgIpc) is 3.28. The van der Waals surface area contributed by atoms with Crippen LogP contribution in [0.2, 0.25) is 5.02 Å². The minimum absolute atomic E-state index is 0.105. The Morgan fingerprint density at radius 2 is 1.58 bits per heavy atom. The smallest absolute Gasteiger partial charge is 0.319 e. The summed E-state index contributed by atoms with van der Waals surface area (Å²) in [5, 5.41) is 6.73. The maximum absolute atomic E-state index is 12.3. The van der Waals surface area contributed by atoms with Crippen molar-refractivity contribution in [2.24, 2.45) is 0 Å². The van der Waals surface area contributed by atoms with Crippen LogP contribution in [0, 0.1) is 0 Å². The van der Waals surface area contributed by atoms with Gasteiger partial charge in [-0.05, 0) is 53.6 Å². The summed E-state index contributed by atoms with van der Waals surface area (Å²) in [5.74, 6) is 0. The van der Waals surface area contributed by atoms with Gasteiger partial charge in [0.25, 0.3) is 0 Å². The van der Waals surface area contributed by atoms with Gasteiger partial charge in [-0.15, -0.1) is 0 Å². The number of carbonyl (C=O) groups excluding carboxylic acids is 1. The fraction of sp³-hybridized carbons (Fsp3) is 0.350. The quantitative estimate of drug-likeness (QED) is 0.765. The van der Waals surface area contributed by atoms with Crippen molar-refractivity contribution in [1.29, 1.82) is 0 Å². The van der Waals surface area contributed by atoms with E-state index in [1.807, 2.05) is 36.4 Å². The summed E-state index contributed by atoms with van der Waals surface area (Å²) < 4.78 is 0. The second-order valence-electron chi connectivity index (χ2n) is 7.50. The van der Waals surface area contributed by atoms with Crippen LogP contribution in [0.4, 0.5) is 10.5 Å². The zero-order valence-corrected chi connectivity index (χ0v) is 15.1. The number of urea groups is 1. The van der Waals surface area contributed by atoms with Crippen molar-refractivity contribution in [2.45, 2.75) is 44.6 Å². The Balaban J connectivity index is 1.64. The number of amides is 2. The summed E-state index contributed by atoms with van der Waals surface area (Å²) in [6, 6.07) is 15.5. The minimum atomic E-state index is -0.250. The molecule has 1 fully saturated rings. The van der Waals surface area contributed by atoms with E-state index >= 15 is 0 Å². The molecule has 0 radical (unpaired) electrons. The van der Waals surface area contributed by atoms with Gasteiger partial charge in [-0.1, -0.05) is 56.6 Å². The lowest BCUT2D eigenvalue weighted by Crippen LogP contribution is -2.38. The molecule has 0 saturated heterocycles. The first-order chi connectivity index (χ1) is 11.3. The molecule has 1 aliphatic rings. The molecule has 0 atom stereocenters. The van der Waals surface area contributed by atoms with E-state index in [9.17, 15) is 4.79 Å². The van der Waals surface area contributed by atoms with Gasteiger partial charge in [0.2, 0.25) is 0 Å². The largest absolute Gasteiger partial charge is 0.328 e. The van der Waals surface area contributed by atoms with Gasteiger partial charge in [0, 0.05) is 10.7 Å². The molecule has 24 heavy (non-hydrogen) atoms. The molecule has 1 aliphatic carbocycles. The summed E-state index contributed by atoms with van der Waals surface area (Å²) >= 11 is 5.94. The van der Waals surface area contributed by atoms with Gasteiger partial charge in [-0.2, -0.15) is 0 Å². The zero-order chi connectivity index (χ0) is 17.4. The number of benzene rings is 2. The van der Waals surface area contributed by atoms with E-state index in [2.05, 4.69) is 43.5 Å². The van der Waals surface area contributed by atoms with Gasteiger partial charge in [-0.3, -0.25) is 0 Å². The summed E-state index contributed by atoms with van der Waals surface area (Å²) in [7, 11) is 0. The lowest BCUT2D eigenvalue weighted by Gasteiger charge is -2.20. The predicted octanol–water partition coefficient (Wildman–Crippen LogP) is 5.45. The number of carbonyl (C=O) groups is 1. The Bertz CT molecular complexity index is 726. The number of rotatable bonds is 3. The molecule has 0 unspecified atom stereocenters. The van der Waals surface area contributed by atoms with Crippen molar-refractivity contribution in [2.75, 3.05) is 5.32 Å². The highest BCUT2D eigenvalue weighted by Gasteiger charge is 2.45. The Morgan fingerprint density at radius 1 is 1.00 bits per heavy atom. The van der Waals surface area contributed by atoms with Crippen molar-refractivity contribution in [3.63, 3.8) is 0 Å². The zero-order valence-electron chi connectivity index (χ0n) is 14.3. The van der Waals surface area contributed by atoms with Crippen LogP contribution in [0.25, 0.3) is 0 Å². The predicted molar refractivity (Wildman–Crippen MR) is 99.7 cm³/mol. The lowest BCUT2D eigenvalue weighted by molar-refractivity contribution is 0.247. The number of anilines is 1. The van der Waals surface area contributed by atoms with Gasteiger partial charge < -0.3 is 10.6 Å². The molecule has 0 spiro atoms. The number of halogens is 1. The second kappa shape index (κ2) is 6.14. The molecular formula is C20H23ClN2O. The monoisotopic (exact) mass is 342 g/mol. The second-order valence-corrected chi connectivity index (χ2v) is 7.93. The third kappa shape index (κ3) is 3.73. The molecule has 2 N–H and O–H groups in total. The van der Waals surface area contributed by atoms with Crippen LogP contribution < -0.4 is 10.6 Å². The Kier molecular flexibility index (Phi) is 4.31. The summed E-state index contributed by atoms with van der Waals surface area (Å²) in [6.07, 6.45) is 1.90. The highest BCUT2D eigenvalue weighted by molar-refractivity contribution is 6.30. The van der Waals surface area contributed by atoms with E-state index in [0.717, 1.165) is 24.1 Å². The molecule has 3 rings (SSSR count). The normalized spacial score (nSPS) is 15.7. The van der Waals surface area contributed by atoms with Crippen molar-refractivity contribution in [1.82, 2.24) is 5.32 Å². The van der Waals surface area contributed by atoms with Gasteiger partial charge in [0.15, 0.2) is 0 Å². The average molecular weight is 343 g/mol. The Hall–Kier alpha value is -2.00. The maximum atomic E-state index is 12.3. The van der Waals surface area contributed by atoms with Crippen LogP contribution in [0.5, 0.6) is 0 Å². The van der Waals surface area contributed by atoms with Gasteiger partial charge in [0.1, 0.15) is 0 Å². The van der Waals surface area contributed by atoms with Crippen LogP contribution in [-0.4, -0.2) is 6.03 Å². The summed E-state index contributed by atoms with van der Waals surface area (Å²) in [5.41, 5.74) is 3.00. The first kappa shape index (κ1) is 16.8. The first-order valence-corrected chi connectivity index (χ1v) is 8.62. The molecule has 0 aromatic heterocycles. The molecule has 4 heteroatoms.